The molecule has 0 aromatic carbocycles. The van der Waals surface area contributed by atoms with Crippen molar-refractivity contribution in [2.24, 2.45) is 5.92 Å². The first-order chi connectivity index (χ1) is 10.4. The third-order valence-corrected chi connectivity index (χ3v) is 5.16. The van der Waals surface area contributed by atoms with Gasteiger partial charge in [0.05, 0.1) is 6.54 Å². The van der Waals surface area contributed by atoms with E-state index in [1.165, 1.54) is 0 Å². The first-order valence-corrected chi connectivity index (χ1v) is 9.30. The van der Waals surface area contributed by atoms with E-state index in [1.807, 2.05) is 20.8 Å². The zero-order valence-electron chi connectivity index (χ0n) is 15.2. The second-order valence-corrected chi connectivity index (χ2v) is 6.87. The van der Waals surface area contributed by atoms with Crippen molar-refractivity contribution in [3.63, 3.8) is 0 Å². The standard InChI is InChI=1S/C16H30F2N2.C2H6/c1-4-5-14-6-9-20(12-16(14,17)18)15-7-10-19(11-8-15)13(2)3;1-2/h13-15H,4-12H2,1-3H3;1-2H3. The van der Waals surface area contributed by atoms with E-state index in [-0.39, 0.29) is 12.5 Å². The summed E-state index contributed by atoms with van der Waals surface area (Å²) in [5.41, 5.74) is 0. The minimum absolute atomic E-state index is 0.00991. The summed E-state index contributed by atoms with van der Waals surface area (Å²) in [7, 11) is 0. The average Bonchev–Trinajstić information content (AvgIpc) is 2.51. The smallest absolute Gasteiger partial charge is 0.263 e. The molecule has 4 heteroatoms. The number of rotatable bonds is 4. The highest BCUT2D eigenvalue weighted by atomic mass is 19.3. The maximum Gasteiger partial charge on any atom is 0.263 e. The number of hydrogen-bond donors (Lipinski definition) is 0. The largest absolute Gasteiger partial charge is 0.301 e. The predicted molar refractivity (Wildman–Crippen MR) is 90.6 cm³/mol. The quantitative estimate of drug-likeness (QED) is 0.745. The van der Waals surface area contributed by atoms with Crippen LogP contribution in [0.5, 0.6) is 0 Å². The highest BCUT2D eigenvalue weighted by Gasteiger charge is 2.45. The number of halogens is 2. The Morgan fingerprint density at radius 2 is 1.64 bits per heavy atom. The summed E-state index contributed by atoms with van der Waals surface area (Å²) in [6.45, 7) is 13.4. The molecule has 1 unspecified atom stereocenters. The summed E-state index contributed by atoms with van der Waals surface area (Å²) in [5, 5.41) is 0. The van der Waals surface area contributed by atoms with Gasteiger partial charge in [-0.25, -0.2) is 8.78 Å². The molecule has 132 valence electrons. The van der Waals surface area contributed by atoms with E-state index in [0.29, 0.717) is 24.9 Å². The highest BCUT2D eigenvalue weighted by Crippen LogP contribution is 2.37. The second-order valence-electron chi connectivity index (χ2n) is 6.87. The molecule has 0 amide bonds. The van der Waals surface area contributed by atoms with Crippen LogP contribution in [-0.4, -0.2) is 54.0 Å². The SMILES string of the molecule is CC.CCCC1CCN(C2CCN(C(C)C)CC2)CC1(F)F. The van der Waals surface area contributed by atoms with Crippen LogP contribution in [0.2, 0.25) is 0 Å². The maximum atomic E-state index is 14.2. The van der Waals surface area contributed by atoms with Crippen LogP contribution in [0.15, 0.2) is 0 Å². The van der Waals surface area contributed by atoms with Gasteiger partial charge in [-0.3, -0.25) is 4.90 Å². The molecular weight excluding hydrogens is 282 g/mol. The van der Waals surface area contributed by atoms with Crippen molar-refractivity contribution in [2.75, 3.05) is 26.2 Å². The van der Waals surface area contributed by atoms with E-state index in [4.69, 9.17) is 0 Å². The van der Waals surface area contributed by atoms with Crippen molar-refractivity contribution >= 4 is 0 Å². The number of hydrogen-bond acceptors (Lipinski definition) is 2. The van der Waals surface area contributed by atoms with Crippen molar-refractivity contribution in [3.05, 3.63) is 0 Å². The lowest BCUT2D eigenvalue weighted by molar-refractivity contribution is -0.125. The fraction of sp³-hybridized carbons (Fsp3) is 1.00. The lowest BCUT2D eigenvalue weighted by Gasteiger charge is -2.45. The third-order valence-electron chi connectivity index (χ3n) is 5.16. The van der Waals surface area contributed by atoms with Crippen LogP contribution in [-0.2, 0) is 0 Å². The van der Waals surface area contributed by atoms with Gasteiger partial charge in [0.2, 0.25) is 0 Å². The summed E-state index contributed by atoms with van der Waals surface area (Å²) >= 11 is 0. The van der Waals surface area contributed by atoms with Crippen molar-refractivity contribution < 1.29 is 8.78 Å². The zero-order chi connectivity index (χ0) is 16.8. The van der Waals surface area contributed by atoms with Crippen LogP contribution in [0, 0.1) is 5.92 Å². The van der Waals surface area contributed by atoms with Crippen molar-refractivity contribution in [1.29, 1.82) is 0 Å². The minimum atomic E-state index is -2.48. The molecule has 0 aliphatic carbocycles. The Morgan fingerprint density at radius 3 is 2.09 bits per heavy atom. The first kappa shape index (κ1) is 19.8. The molecule has 2 saturated heterocycles. The van der Waals surface area contributed by atoms with Crippen LogP contribution < -0.4 is 0 Å². The second kappa shape index (κ2) is 9.17. The van der Waals surface area contributed by atoms with E-state index >= 15 is 0 Å². The van der Waals surface area contributed by atoms with Gasteiger partial charge in [0.15, 0.2) is 0 Å². The molecule has 2 aliphatic rings. The van der Waals surface area contributed by atoms with Gasteiger partial charge in [0.1, 0.15) is 0 Å². The monoisotopic (exact) mass is 318 g/mol. The molecule has 22 heavy (non-hydrogen) atoms. The number of piperidine rings is 2. The van der Waals surface area contributed by atoms with Crippen molar-refractivity contribution in [3.8, 4) is 0 Å². The highest BCUT2D eigenvalue weighted by molar-refractivity contribution is 4.91. The minimum Gasteiger partial charge on any atom is -0.301 e. The summed E-state index contributed by atoms with van der Waals surface area (Å²) in [6, 6.07) is 0.950. The Hall–Kier alpha value is -0.220. The lowest BCUT2D eigenvalue weighted by Crippen LogP contribution is -2.55. The predicted octanol–water partition coefficient (Wildman–Crippen LogP) is 4.64. The van der Waals surface area contributed by atoms with Crippen molar-refractivity contribution in [2.45, 2.75) is 84.7 Å². The molecule has 0 saturated carbocycles. The normalized spacial score (nSPS) is 27.5. The van der Waals surface area contributed by atoms with Gasteiger partial charge in [-0.15, -0.1) is 0 Å². The lowest BCUT2D eigenvalue weighted by atomic mass is 9.87. The molecule has 2 heterocycles. The summed E-state index contributed by atoms with van der Waals surface area (Å²) < 4.78 is 28.4. The molecule has 0 aromatic rings. The molecule has 0 N–H and O–H groups in total. The van der Waals surface area contributed by atoms with Gasteiger partial charge in [0, 0.05) is 18.0 Å². The van der Waals surface area contributed by atoms with E-state index < -0.39 is 5.92 Å². The van der Waals surface area contributed by atoms with Crippen molar-refractivity contribution in [1.82, 2.24) is 9.80 Å². The average molecular weight is 318 g/mol. The molecule has 2 nitrogen and oxygen atoms in total. The summed E-state index contributed by atoms with van der Waals surface area (Å²) in [5.74, 6) is -2.87. The number of alkyl halides is 2. The van der Waals surface area contributed by atoms with Crippen LogP contribution in [0.3, 0.4) is 0 Å². The Bertz CT molecular complexity index is 299. The summed E-state index contributed by atoms with van der Waals surface area (Å²) in [6.07, 6.45) is 4.31. The van der Waals surface area contributed by atoms with Crippen LogP contribution >= 0.6 is 0 Å². The molecule has 1 atom stereocenters. The maximum absolute atomic E-state index is 14.2. The molecule has 2 fully saturated rings. The van der Waals surface area contributed by atoms with E-state index in [0.717, 1.165) is 38.9 Å². The molecular formula is C18H36F2N2. The Kier molecular flexibility index (Phi) is 8.26. The molecule has 0 aromatic heterocycles. The number of nitrogens with zero attached hydrogens (tertiary/aromatic N) is 2. The van der Waals surface area contributed by atoms with Crippen LogP contribution in [0.1, 0.15) is 66.7 Å². The molecule has 2 rings (SSSR count). The van der Waals surface area contributed by atoms with Gasteiger partial charge >= 0.3 is 0 Å². The topological polar surface area (TPSA) is 6.48 Å². The Morgan fingerprint density at radius 1 is 1.05 bits per heavy atom. The first-order valence-electron chi connectivity index (χ1n) is 9.30. The van der Waals surface area contributed by atoms with E-state index in [1.54, 1.807) is 0 Å². The van der Waals surface area contributed by atoms with E-state index in [2.05, 4.69) is 23.6 Å². The zero-order valence-corrected chi connectivity index (χ0v) is 15.2. The molecule has 0 radical (unpaired) electrons. The summed E-state index contributed by atoms with van der Waals surface area (Å²) in [4.78, 5) is 4.53. The van der Waals surface area contributed by atoms with Gasteiger partial charge < -0.3 is 4.90 Å². The molecule has 0 bridgehead atoms. The fourth-order valence-corrected chi connectivity index (χ4v) is 3.79. The van der Waals surface area contributed by atoms with Crippen LogP contribution in [0.25, 0.3) is 0 Å². The van der Waals surface area contributed by atoms with Gasteiger partial charge in [-0.2, -0.15) is 0 Å². The Labute approximate surface area is 136 Å². The van der Waals surface area contributed by atoms with Gasteiger partial charge in [0.25, 0.3) is 5.92 Å². The van der Waals surface area contributed by atoms with Crippen LogP contribution in [0.4, 0.5) is 8.78 Å². The molecule has 0 spiro atoms. The van der Waals surface area contributed by atoms with Gasteiger partial charge in [-0.05, 0) is 59.2 Å². The fourth-order valence-electron chi connectivity index (χ4n) is 3.79. The van der Waals surface area contributed by atoms with Gasteiger partial charge in [-0.1, -0.05) is 27.2 Å². The number of likely N-dealkylation sites (tertiary alicyclic amines) is 2. The molecule has 2 aliphatic heterocycles. The third kappa shape index (κ3) is 5.16. The van der Waals surface area contributed by atoms with E-state index in [9.17, 15) is 8.78 Å². The Balaban J connectivity index is 0.00000116.